The van der Waals surface area contributed by atoms with Gasteiger partial charge in [0.15, 0.2) is 0 Å². The molecule has 1 aliphatic heterocycles. The quantitative estimate of drug-likeness (QED) is 0.882. The summed E-state index contributed by atoms with van der Waals surface area (Å²) in [6, 6.07) is 9.75. The molecule has 1 aliphatic carbocycles. The van der Waals surface area contributed by atoms with Gasteiger partial charge >= 0.3 is 0 Å². The van der Waals surface area contributed by atoms with Gasteiger partial charge < -0.3 is 10.2 Å². The van der Waals surface area contributed by atoms with Crippen LogP contribution in [0.25, 0.3) is 0 Å². The van der Waals surface area contributed by atoms with E-state index < -0.39 is 0 Å². The first kappa shape index (κ1) is 13.9. The molecule has 110 valence electrons. The SMILES string of the molecule is Cc1ccc(N2CCCNC(C3CCCCC3)C2)cc1. The van der Waals surface area contributed by atoms with E-state index in [1.54, 1.807) is 0 Å². The molecule has 3 rings (SSSR count). The molecule has 1 heterocycles. The standard InChI is InChI=1S/C18H28N2/c1-15-8-10-17(11-9-15)20-13-5-12-19-18(14-20)16-6-3-2-4-7-16/h8-11,16,18-19H,2-7,12-14H2,1H3. The zero-order chi connectivity index (χ0) is 13.8. The van der Waals surface area contributed by atoms with Crippen LogP contribution >= 0.6 is 0 Å². The van der Waals surface area contributed by atoms with Gasteiger partial charge in [0.1, 0.15) is 0 Å². The fourth-order valence-electron chi connectivity index (χ4n) is 3.79. The van der Waals surface area contributed by atoms with Crippen molar-refractivity contribution >= 4 is 5.69 Å². The number of hydrogen-bond donors (Lipinski definition) is 1. The highest BCUT2D eigenvalue weighted by atomic mass is 15.2. The monoisotopic (exact) mass is 272 g/mol. The van der Waals surface area contributed by atoms with Gasteiger partial charge in [-0.25, -0.2) is 0 Å². The van der Waals surface area contributed by atoms with E-state index in [0.29, 0.717) is 6.04 Å². The maximum atomic E-state index is 3.82. The van der Waals surface area contributed by atoms with E-state index in [1.165, 1.54) is 69.4 Å². The topological polar surface area (TPSA) is 15.3 Å². The minimum absolute atomic E-state index is 0.694. The van der Waals surface area contributed by atoms with E-state index in [1.807, 2.05) is 0 Å². The van der Waals surface area contributed by atoms with Crippen molar-refractivity contribution in [2.75, 3.05) is 24.5 Å². The van der Waals surface area contributed by atoms with Gasteiger partial charge in [0.25, 0.3) is 0 Å². The Hall–Kier alpha value is -1.02. The Bertz CT molecular complexity index is 406. The molecule has 1 aromatic rings. The summed E-state index contributed by atoms with van der Waals surface area (Å²) < 4.78 is 0. The molecule has 1 aromatic carbocycles. The molecule has 0 amide bonds. The number of anilines is 1. The molecule has 1 saturated carbocycles. The molecule has 1 atom stereocenters. The second-order valence-electron chi connectivity index (χ2n) is 6.59. The maximum absolute atomic E-state index is 3.82. The van der Waals surface area contributed by atoms with Gasteiger partial charge in [-0.2, -0.15) is 0 Å². The van der Waals surface area contributed by atoms with Gasteiger partial charge in [-0.15, -0.1) is 0 Å². The molecule has 2 heteroatoms. The Labute approximate surface area is 123 Å². The lowest BCUT2D eigenvalue weighted by molar-refractivity contribution is 0.277. The molecule has 2 aliphatic rings. The first-order chi connectivity index (χ1) is 9.83. The third-order valence-corrected chi connectivity index (χ3v) is 5.05. The van der Waals surface area contributed by atoms with E-state index in [2.05, 4.69) is 41.4 Å². The summed E-state index contributed by atoms with van der Waals surface area (Å²) in [4.78, 5) is 2.60. The lowest BCUT2D eigenvalue weighted by Crippen LogP contribution is -2.43. The summed E-state index contributed by atoms with van der Waals surface area (Å²) in [7, 11) is 0. The summed E-state index contributed by atoms with van der Waals surface area (Å²) >= 11 is 0. The summed E-state index contributed by atoms with van der Waals surface area (Å²) in [6.07, 6.45) is 8.45. The predicted molar refractivity (Wildman–Crippen MR) is 86.4 cm³/mol. The number of nitrogens with one attached hydrogen (secondary N) is 1. The molecule has 0 aromatic heterocycles. The molecule has 20 heavy (non-hydrogen) atoms. The highest BCUT2D eigenvalue weighted by Gasteiger charge is 2.26. The number of rotatable bonds is 2. The van der Waals surface area contributed by atoms with Gasteiger partial charge in [-0.1, -0.05) is 37.0 Å². The molecular formula is C18H28N2. The Morgan fingerprint density at radius 1 is 1.00 bits per heavy atom. The van der Waals surface area contributed by atoms with E-state index in [9.17, 15) is 0 Å². The van der Waals surface area contributed by atoms with Crippen LogP contribution in [0.5, 0.6) is 0 Å². The Balaban J connectivity index is 1.69. The summed E-state index contributed by atoms with van der Waals surface area (Å²) in [5.41, 5.74) is 2.76. The third-order valence-electron chi connectivity index (χ3n) is 5.05. The zero-order valence-corrected chi connectivity index (χ0v) is 12.8. The minimum atomic E-state index is 0.694. The zero-order valence-electron chi connectivity index (χ0n) is 12.8. The van der Waals surface area contributed by atoms with Crippen LogP contribution in [0.15, 0.2) is 24.3 Å². The Morgan fingerprint density at radius 2 is 1.75 bits per heavy atom. The first-order valence-corrected chi connectivity index (χ1v) is 8.38. The van der Waals surface area contributed by atoms with Crippen molar-refractivity contribution in [2.24, 2.45) is 5.92 Å². The lowest BCUT2D eigenvalue weighted by atomic mass is 9.83. The second kappa shape index (κ2) is 6.62. The highest BCUT2D eigenvalue weighted by molar-refractivity contribution is 5.47. The van der Waals surface area contributed by atoms with E-state index in [0.717, 1.165) is 5.92 Å². The average Bonchev–Trinajstić information content (AvgIpc) is 2.75. The van der Waals surface area contributed by atoms with Gasteiger partial charge in [-0.3, -0.25) is 0 Å². The Kier molecular flexibility index (Phi) is 4.62. The van der Waals surface area contributed by atoms with E-state index in [4.69, 9.17) is 0 Å². The van der Waals surface area contributed by atoms with Crippen LogP contribution in [0.4, 0.5) is 5.69 Å². The molecule has 0 spiro atoms. The van der Waals surface area contributed by atoms with Crippen molar-refractivity contribution in [1.29, 1.82) is 0 Å². The largest absolute Gasteiger partial charge is 0.370 e. The minimum Gasteiger partial charge on any atom is -0.370 e. The van der Waals surface area contributed by atoms with Crippen LogP contribution in [0.1, 0.15) is 44.1 Å². The highest BCUT2D eigenvalue weighted by Crippen LogP contribution is 2.28. The Morgan fingerprint density at radius 3 is 2.50 bits per heavy atom. The molecule has 1 saturated heterocycles. The summed E-state index contributed by atoms with van der Waals surface area (Å²) in [5.74, 6) is 0.898. The van der Waals surface area contributed by atoms with Gasteiger partial charge in [0.2, 0.25) is 0 Å². The summed E-state index contributed by atoms with van der Waals surface area (Å²) in [6.45, 7) is 5.73. The average molecular weight is 272 g/mol. The van der Waals surface area contributed by atoms with Crippen LogP contribution in [-0.4, -0.2) is 25.7 Å². The van der Waals surface area contributed by atoms with Crippen molar-refractivity contribution in [1.82, 2.24) is 5.32 Å². The third kappa shape index (κ3) is 3.35. The molecule has 2 fully saturated rings. The van der Waals surface area contributed by atoms with Gasteiger partial charge in [0.05, 0.1) is 0 Å². The van der Waals surface area contributed by atoms with Crippen LogP contribution < -0.4 is 10.2 Å². The number of aryl methyl sites for hydroxylation is 1. The molecular weight excluding hydrogens is 244 g/mol. The smallest absolute Gasteiger partial charge is 0.0366 e. The maximum Gasteiger partial charge on any atom is 0.0366 e. The first-order valence-electron chi connectivity index (χ1n) is 8.38. The van der Waals surface area contributed by atoms with Crippen molar-refractivity contribution < 1.29 is 0 Å². The predicted octanol–water partition coefficient (Wildman–Crippen LogP) is 3.74. The van der Waals surface area contributed by atoms with E-state index >= 15 is 0 Å². The second-order valence-corrected chi connectivity index (χ2v) is 6.59. The summed E-state index contributed by atoms with van der Waals surface area (Å²) in [5, 5.41) is 3.82. The molecule has 0 bridgehead atoms. The molecule has 0 radical (unpaired) electrons. The van der Waals surface area contributed by atoms with Crippen LogP contribution in [-0.2, 0) is 0 Å². The number of nitrogens with zero attached hydrogens (tertiary/aromatic N) is 1. The van der Waals surface area contributed by atoms with E-state index in [-0.39, 0.29) is 0 Å². The number of benzene rings is 1. The van der Waals surface area contributed by atoms with Crippen molar-refractivity contribution in [3.8, 4) is 0 Å². The number of hydrogen-bond acceptors (Lipinski definition) is 2. The van der Waals surface area contributed by atoms with Crippen molar-refractivity contribution in [3.05, 3.63) is 29.8 Å². The molecule has 1 N–H and O–H groups in total. The van der Waals surface area contributed by atoms with Crippen LogP contribution in [0.3, 0.4) is 0 Å². The fourth-order valence-corrected chi connectivity index (χ4v) is 3.79. The normalized spacial score (nSPS) is 25.4. The van der Waals surface area contributed by atoms with Gasteiger partial charge in [-0.05, 0) is 50.8 Å². The molecule has 1 unspecified atom stereocenters. The van der Waals surface area contributed by atoms with Crippen LogP contribution in [0, 0.1) is 12.8 Å². The molecule has 2 nitrogen and oxygen atoms in total. The van der Waals surface area contributed by atoms with Crippen molar-refractivity contribution in [3.63, 3.8) is 0 Å². The van der Waals surface area contributed by atoms with Crippen LogP contribution in [0.2, 0.25) is 0 Å². The lowest BCUT2D eigenvalue weighted by Gasteiger charge is -2.33. The van der Waals surface area contributed by atoms with Gasteiger partial charge in [0, 0.05) is 24.8 Å². The van der Waals surface area contributed by atoms with Crippen molar-refractivity contribution in [2.45, 2.75) is 51.5 Å². The fraction of sp³-hybridized carbons (Fsp3) is 0.667.